The van der Waals surface area contributed by atoms with Gasteiger partial charge in [0.1, 0.15) is 6.61 Å². The maximum absolute atomic E-state index is 12.8. The van der Waals surface area contributed by atoms with Crippen LogP contribution in [0.5, 0.6) is 0 Å². The average molecular weight is 879 g/mol. The van der Waals surface area contributed by atoms with Gasteiger partial charge in [-0.1, -0.05) is 185 Å². The van der Waals surface area contributed by atoms with Gasteiger partial charge in [-0.3, -0.25) is 9.59 Å². The first-order chi connectivity index (χ1) is 31.6. The van der Waals surface area contributed by atoms with E-state index in [4.69, 9.17) is 14.2 Å². The van der Waals surface area contributed by atoms with Crippen molar-refractivity contribution in [2.45, 2.75) is 181 Å². The van der Waals surface area contributed by atoms with Gasteiger partial charge in [-0.05, 0) is 135 Å². The molecule has 1 atom stereocenters. The summed E-state index contributed by atoms with van der Waals surface area (Å²) in [4.78, 5) is 25.4. The maximum Gasteiger partial charge on any atom is 0.306 e. The molecule has 0 aliphatic heterocycles. The van der Waals surface area contributed by atoms with Crippen LogP contribution < -0.4 is 0 Å². The molecule has 0 amide bonds. The van der Waals surface area contributed by atoms with Crippen molar-refractivity contribution < 1.29 is 23.8 Å². The van der Waals surface area contributed by atoms with Crippen molar-refractivity contribution in [1.82, 2.24) is 0 Å². The molecule has 0 saturated heterocycles. The van der Waals surface area contributed by atoms with Crippen LogP contribution in [0, 0.1) is 0 Å². The lowest BCUT2D eigenvalue weighted by atomic mass is 10.1. The Labute approximate surface area is 393 Å². The lowest BCUT2D eigenvalue weighted by Crippen LogP contribution is -2.30. The van der Waals surface area contributed by atoms with Crippen LogP contribution in [0.3, 0.4) is 0 Å². The van der Waals surface area contributed by atoms with Gasteiger partial charge in [0.25, 0.3) is 0 Å². The standard InChI is InChI=1S/C59H90O5/c1-4-7-10-13-16-19-22-25-28-29-30-31-33-34-37-40-43-46-49-52-58(60)63-56-57(55-62-54-51-48-45-42-39-36-27-24-21-18-15-12-9-6-3)64-59(61)53-50-47-44-41-38-35-32-26-23-20-17-14-11-8-5-2/h7-12,16-21,25-28,30-32,34,36-38,41-42,45,57H,4-6,13-15,22-24,29,33,35,39-40,43-44,46-56H2,1-3H3/b10-7-,11-8-,12-9-,19-16-,20-17-,21-18-,28-25-,31-30-,32-26-,36-27-,37-34-,41-38-,45-42-. The zero-order chi connectivity index (χ0) is 46.3. The van der Waals surface area contributed by atoms with E-state index in [-0.39, 0.29) is 25.2 Å². The number of ether oxygens (including phenoxy) is 3. The highest BCUT2D eigenvalue weighted by Gasteiger charge is 2.17. The summed E-state index contributed by atoms with van der Waals surface area (Å²) in [6.45, 7) is 7.23. The summed E-state index contributed by atoms with van der Waals surface area (Å²) in [5.74, 6) is -0.530. The van der Waals surface area contributed by atoms with E-state index < -0.39 is 6.10 Å². The summed E-state index contributed by atoms with van der Waals surface area (Å²) in [6, 6.07) is 0. The van der Waals surface area contributed by atoms with E-state index in [0.29, 0.717) is 19.4 Å². The molecule has 5 heteroatoms. The second-order valence-corrected chi connectivity index (χ2v) is 15.6. The first-order valence-corrected chi connectivity index (χ1v) is 25.0. The molecule has 0 rings (SSSR count). The summed E-state index contributed by atoms with van der Waals surface area (Å²) in [6.07, 6.45) is 78.4. The van der Waals surface area contributed by atoms with Crippen LogP contribution in [0.15, 0.2) is 158 Å². The van der Waals surface area contributed by atoms with E-state index in [1.165, 1.54) is 0 Å². The predicted octanol–water partition coefficient (Wildman–Crippen LogP) is 17.1. The molecule has 64 heavy (non-hydrogen) atoms. The molecule has 1 unspecified atom stereocenters. The normalized spacial score (nSPS) is 13.6. The van der Waals surface area contributed by atoms with Gasteiger partial charge in [0.2, 0.25) is 0 Å². The molecule has 5 nitrogen and oxygen atoms in total. The highest BCUT2D eigenvalue weighted by atomic mass is 16.6. The molecule has 0 fully saturated rings. The third kappa shape index (κ3) is 50.2. The Hall–Kier alpha value is -4.48. The monoisotopic (exact) mass is 879 g/mol. The molecular formula is C59H90O5. The van der Waals surface area contributed by atoms with Crippen molar-refractivity contribution in [2.75, 3.05) is 19.8 Å². The first kappa shape index (κ1) is 59.5. The minimum absolute atomic E-state index is 0.0173. The number of carbonyl (C=O) groups excluding carboxylic acids is 2. The smallest absolute Gasteiger partial charge is 0.306 e. The van der Waals surface area contributed by atoms with Gasteiger partial charge < -0.3 is 14.2 Å². The molecule has 0 bridgehead atoms. The van der Waals surface area contributed by atoms with Gasteiger partial charge in [0, 0.05) is 19.4 Å². The van der Waals surface area contributed by atoms with E-state index in [2.05, 4.69) is 179 Å². The van der Waals surface area contributed by atoms with Crippen LogP contribution in [0.1, 0.15) is 175 Å². The largest absolute Gasteiger partial charge is 0.462 e. The van der Waals surface area contributed by atoms with Gasteiger partial charge in [-0.2, -0.15) is 0 Å². The van der Waals surface area contributed by atoms with Crippen molar-refractivity contribution in [3.63, 3.8) is 0 Å². The summed E-state index contributed by atoms with van der Waals surface area (Å²) in [5.41, 5.74) is 0. The van der Waals surface area contributed by atoms with Crippen molar-refractivity contribution in [3.8, 4) is 0 Å². The van der Waals surface area contributed by atoms with Crippen molar-refractivity contribution in [1.29, 1.82) is 0 Å². The molecule has 0 saturated carbocycles. The van der Waals surface area contributed by atoms with Crippen LogP contribution in [-0.4, -0.2) is 37.9 Å². The fourth-order valence-electron chi connectivity index (χ4n) is 5.94. The van der Waals surface area contributed by atoms with E-state index in [1.54, 1.807) is 0 Å². The highest BCUT2D eigenvalue weighted by Crippen LogP contribution is 2.09. The van der Waals surface area contributed by atoms with Crippen molar-refractivity contribution >= 4 is 11.9 Å². The topological polar surface area (TPSA) is 61.8 Å². The average Bonchev–Trinajstić information content (AvgIpc) is 3.30. The Morgan fingerprint density at radius 1 is 0.344 bits per heavy atom. The number of allylic oxidation sites excluding steroid dienone is 26. The third-order valence-electron chi connectivity index (χ3n) is 9.54. The van der Waals surface area contributed by atoms with Gasteiger partial charge in [0.05, 0.1) is 6.61 Å². The fourth-order valence-corrected chi connectivity index (χ4v) is 5.94. The van der Waals surface area contributed by atoms with Gasteiger partial charge in [-0.15, -0.1) is 0 Å². The van der Waals surface area contributed by atoms with Gasteiger partial charge >= 0.3 is 11.9 Å². The van der Waals surface area contributed by atoms with Crippen molar-refractivity contribution in [2.24, 2.45) is 0 Å². The molecular weight excluding hydrogens is 789 g/mol. The maximum atomic E-state index is 12.8. The molecule has 0 aromatic heterocycles. The number of hydrogen-bond acceptors (Lipinski definition) is 5. The Morgan fingerprint density at radius 2 is 0.656 bits per heavy atom. The third-order valence-corrected chi connectivity index (χ3v) is 9.54. The minimum atomic E-state index is -0.612. The molecule has 0 heterocycles. The van der Waals surface area contributed by atoms with Crippen LogP contribution in [0.25, 0.3) is 0 Å². The van der Waals surface area contributed by atoms with E-state index in [1.807, 2.05) is 0 Å². The lowest BCUT2D eigenvalue weighted by molar-refractivity contribution is -0.163. The molecule has 0 aliphatic rings. The van der Waals surface area contributed by atoms with Crippen LogP contribution in [-0.2, 0) is 23.8 Å². The SMILES string of the molecule is CC/C=C\C/C=C\C/C=C\C/C=C\C/C=C\CCCCCC(=O)OCC(COCCC/C=C\C/C=C\C/C=C\C/C=C\CC)OC(=O)CCCC/C=C\C/C=C\C/C=C\C/C=C\CC. The van der Waals surface area contributed by atoms with Crippen LogP contribution in [0.2, 0.25) is 0 Å². The zero-order valence-corrected chi connectivity index (χ0v) is 40.7. The fraction of sp³-hybridized carbons (Fsp3) is 0.525. The number of rotatable bonds is 43. The lowest BCUT2D eigenvalue weighted by Gasteiger charge is -2.18. The van der Waals surface area contributed by atoms with Gasteiger partial charge in [0.15, 0.2) is 6.10 Å². The second kappa shape index (κ2) is 52.9. The second-order valence-electron chi connectivity index (χ2n) is 15.6. The Bertz CT molecular complexity index is 1460. The highest BCUT2D eigenvalue weighted by molar-refractivity contribution is 5.70. The zero-order valence-electron chi connectivity index (χ0n) is 40.7. The number of carbonyl (C=O) groups is 2. The number of hydrogen-bond donors (Lipinski definition) is 0. The Balaban J connectivity index is 4.51. The summed E-state index contributed by atoms with van der Waals surface area (Å²) in [7, 11) is 0. The molecule has 0 spiro atoms. The molecule has 0 radical (unpaired) electrons. The van der Waals surface area contributed by atoms with Crippen LogP contribution in [0.4, 0.5) is 0 Å². The van der Waals surface area contributed by atoms with E-state index >= 15 is 0 Å². The molecule has 0 aliphatic carbocycles. The molecule has 0 N–H and O–H groups in total. The Kier molecular flexibility index (Phi) is 49.2. The summed E-state index contributed by atoms with van der Waals surface area (Å²) in [5, 5.41) is 0. The summed E-state index contributed by atoms with van der Waals surface area (Å²) >= 11 is 0. The predicted molar refractivity (Wildman–Crippen MR) is 278 cm³/mol. The van der Waals surface area contributed by atoms with E-state index in [9.17, 15) is 9.59 Å². The molecule has 356 valence electrons. The first-order valence-electron chi connectivity index (χ1n) is 25.0. The number of unbranched alkanes of at least 4 members (excludes halogenated alkanes) is 6. The molecule has 0 aromatic rings. The quantitative estimate of drug-likeness (QED) is 0.0347. The summed E-state index contributed by atoms with van der Waals surface area (Å²) < 4.78 is 17.2. The van der Waals surface area contributed by atoms with E-state index in [0.717, 1.165) is 141 Å². The Morgan fingerprint density at radius 3 is 1.05 bits per heavy atom. The van der Waals surface area contributed by atoms with Gasteiger partial charge in [-0.25, -0.2) is 0 Å². The minimum Gasteiger partial charge on any atom is -0.462 e. The molecule has 0 aromatic carbocycles. The van der Waals surface area contributed by atoms with Crippen molar-refractivity contribution in [3.05, 3.63) is 158 Å². The number of esters is 2. The van der Waals surface area contributed by atoms with Crippen LogP contribution >= 0.6 is 0 Å².